The fourth-order valence-electron chi connectivity index (χ4n) is 7.42. The van der Waals surface area contributed by atoms with Crippen molar-refractivity contribution in [1.82, 2.24) is 30.6 Å². The van der Waals surface area contributed by atoms with Gasteiger partial charge in [0.1, 0.15) is 11.4 Å². The van der Waals surface area contributed by atoms with Crippen LogP contribution in [0.5, 0.6) is 0 Å². The summed E-state index contributed by atoms with van der Waals surface area (Å²) in [5.74, 6) is 0.727. The van der Waals surface area contributed by atoms with Crippen molar-refractivity contribution in [2.24, 2.45) is 0 Å². The lowest BCUT2D eigenvalue weighted by atomic mass is 10.1. The van der Waals surface area contributed by atoms with Gasteiger partial charge in [-0.3, -0.25) is 9.59 Å². The average molecular weight is 791 g/mol. The van der Waals surface area contributed by atoms with Gasteiger partial charge in [-0.05, 0) is 77.0 Å². The topological polar surface area (TPSA) is 116 Å². The van der Waals surface area contributed by atoms with E-state index in [4.69, 9.17) is 9.97 Å². The van der Waals surface area contributed by atoms with Gasteiger partial charge in [0.25, 0.3) is 11.8 Å². The van der Waals surface area contributed by atoms with E-state index in [0.29, 0.717) is 36.1 Å². The molecule has 0 radical (unpaired) electrons. The maximum absolute atomic E-state index is 13.3. The van der Waals surface area contributed by atoms with E-state index >= 15 is 0 Å². The molecule has 2 amide bonds. The van der Waals surface area contributed by atoms with E-state index in [1.54, 1.807) is 0 Å². The number of allylic oxidation sites excluding steroid dienone is 4. The third-order valence-electron chi connectivity index (χ3n) is 10.9. The van der Waals surface area contributed by atoms with Crippen LogP contribution in [-0.2, 0) is 12.8 Å². The summed E-state index contributed by atoms with van der Waals surface area (Å²) in [5, 5.41) is 6.20. The number of amides is 2. The Bertz CT molecular complexity index is 1340. The van der Waals surface area contributed by atoms with Crippen LogP contribution >= 0.6 is 0 Å². The molecule has 8 heteroatoms. The number of aromatic amines is 2. The summed E-state index contributed by atoms with van der Waals surface area (Å²) in [7, 11) is 0. The summed E-state index contributed by atoms with van der Waals surface area (Å²) in [6, 6.07) is 0. The molecule has 0 saturated carbocycles. The number of rotatable bonds is 38. The molecule has 0 aromatic carbocycles. The highest BCUT2D eigenvalue weighted by Crippen LogP contribution is 2.21. The van der Waals surface area contributed by atoms with Crippen LogP contribution in [0.4, 0.5) is 0 Å². The quantitative estimate of drug-likeness (QED) is 0.0400. The largest absolute Gasteiger partial charge is 0.351 e. The van der Waals surface area contributed by atoms with E-state index < -0.39 is 0 Å². The predicted octanol–water partition coefficient (Wildman–Crippen LogP) is 13.8. The molecular formula is C49H86N6O2. The Morgan fingerprint density at radius 3 is 1.04 bits per heavy atom. The Morgan fingerprint density at radius 2 is 0.719 bits per heavy atom. The van der Waals surface area contributed by atoms with Gasteiger partial charge in [-0.1, -0.05) is 174 Å². The van der Waals surface area contributed by atoms with Crippen LogP contribution in [0, 0.1) is 0 Å². The fourth-order valence-corrected chi connectivity index (χ4v) is 7.42. The van der Waals surface area contributed by atoms with E-state index in [0.717, 1.165) is 62.8 Å². The molecule has 0 bridgehead atoms. The average Bonchev–Trinajstić information content (AvgIpc) is 3.84. The van der Waals surface area contributed by atoms with Gasteiger partial charge in [0, 0.05) is 24.5 Å². The lowest BCUT2D eigenvalue weighted by molar-refractivity contribution is 0.0939. The standard InChI is InChI=1S/C49H86N6O2/c1-5-9-11-13-15-17-19-21-23-25-27-29-31-33-35-37-41-51-49(57)45-43(39-8-4)53-47(55-45)46-52-42(38-7-3)44(54-46)48(56)50-40-36-34-32-30-28-26-24-22-20-18-16-14-12-10-6-2/h20-23H,5-19,24-41H2,1-4H3,(H,50,56)(H,51,57)(H,52,54)(H,53,55)/b22-20+,23-21+. The number of hydrogen-bond donors (Lipinski definition) is 4. The normalized spacial score (nSPS) is 11.7. The second-order valence-corrected chi connectivity index (χ2v) is 16.4. The van der Waals surface area contributed by atoms with E-state index in [1.807, 2.05) is 0 Å². The number of H-pyrrole nitrogens is 2. The number of nitrogens with zero attached hydrogens (tertiary/aromatic N) is 2. The molecule has 0 unspecified atom stereocenters. The summed E-state index contributed by atoms with van der Waals surface area (Å²) >= 11 is 0. The van der Waals surface area contributed by atoms with Crippen LogP contribution in [0.15, 0.2) is 24.3 Å². The van der Waals surface area contributed by atoms with E-state index in [9.17, 15) is 9.59 Å². The van der Waals surface area contributed by atoms with Gasteiger partial charge < -0.3 is 20.6 Å². The number of aromatic nitrogens is 4. The molecule has 324 valence electrons. The van der Waals surface area contributed by atoms with Gasteiger partial charge in [0.05, 0.1) is 0 Å². The first-order chi connectivity index (χ1) is 28.0. The maximum Gasteiger partial charge on any atom is 0.271 e. The third kappa shape index (κ3) is 23.7. The van der Waals surface area contributed by atoms with E-state index in [2.05, 4.69) is 72.6 Å². The predicted molar refractivity (Wildman–Crippen MR) is 243 cm³/mol. The zero-order valence-electron chi connectivity index (χ0n) is 37.4. The highest BCUT2D eigenvalue weighted by molar-refractivity contribution is 5.95. The Balaban J connectivity index is 1.68. The number of aryl methyl sites for hydroxylation is 2. The molecule has 0 atom stereocenters. The van der Waals surface area contributed by atoms with Crippen LogP contribution in [0.1, 0.15) is 246 Å². The second-order valence-electron chi connectivity index (χ2n) is 16.4. The molecule has 57 heavy (non-hydrogen) atoms. The highest BCUT2D eigenvalue weighted by atomic mass is 16.2. The number of carbonyl (C=O) groups is 2. The van der Waals surface area contributed by atoms with Gasteiger partial charge in [-0.2, -0.15) is 0 Å². The van der Waals surface area contributed by atoms with Gasteiger partial charge in [-0.25, -0.2) is 9.97 Å². The molecule has 0 fully saturated rings. The third-order valence-corrected chi connectivity index (χ3v) is 10.9. The molecule has 0 spiro atoms. The van der Waals surface area contributed by atoms with Crippen molar-refractivity contribution >= 4 is 11.8 Å². The molecule has 0 aliphatic rings. The molecule has 0 saturated heterocycles. The Kier molecular flexibility index (Phi) is 30.6. The van der Waals surface area contributed by atoms with Crippen molar-refractivity contribution in [3.8, 4) is 11.6 Å². The maximum atomic E-state index is 13.3. The molecule has 0 aliphatic heterocycles. The van der Waals surface area contributed by atoms with Crippen molar-refractivity contribution < 1.29 is 9.59 Å². The number of unbranched alkanes of at least 4 members (excludes halogenated alkanes) is 23. The van der Waals surface area contributed by atoms with E-state index in [-0.39, 0.29) is 11.8 Å². The minimum Gasteiger partial charge on any atom is -0.351 e. The van der Waals surface area contributed by atoms with Crippen LogP contribution in [0.3, 0.4) is 0 Å². The van der Waals surface area contributed by atoms with Crippen molar-refractivity contribution in [1.29, 1.82) is 0 Å². The van der Waals surface area contributed by atoms with E-state index in [1.165, 1.54) is 148 Å². The Hall–Kier alpha value is -3.16. The summed E-state index contributed by atoms with van der Waals surface area (Å²) < 4.78 is 0. The first-order valence-electron chi connectivity index (χ1n) is 24.1. The van der Waals surface area contributed by atoms with Crippen molar-refractivity contribution in [2.45, 2.75) is 227 Å². The summed E-state index contributed by atoms with van der Waals surface area (Å²) in [6.07, 6.45) is 46.7. The molecule has 4 N–H and O–H groups in total. The second kappa shape index (κ2) is 34.8. The smallest absolute Gasteiger partial charge is 0.271 e. The zero-order valence-corrected chi connectivity index (χ0v) is 37.4. The van der Waals surface area contributed by atoms with Gasteiger partial charge in [0.2, 0.25) is 0 Å². The molecule has 8 nitrogen and oxygen atoms in total. The lowest BCUT2D eigenvalue weighted by Crippen LogP contribution is -2.26. The number of imidazole rings is 2. The van der Waals surface area contributed by atoms with Gasteiger partial charge >= 0.3 is 0 Å². The van der Waals surface area contributed by atoms with Crippen LogP contribution < -0.4 is 10.6 Å². The first kappa shape index (κ1) is 50.0. The summed E-state index contributed by atoms with van der Waals surface area (Å²) in [4.78, 5) is 42.6. The fraction of sp³-hybridized carbons (Fsp3) is 0.755. The molecular weight excluding hydrogens is 705 g/mol. The Labute approximate surface area is 349 Å². The molecule has 2 rings (SSSR count). The van der Waals surface area contributed by atoms with Crippen LogP contribution in [0.2, 0.25) is 0 Å². The lowest BCUT2D eigenvalue weighted by Gasteiger charge is -2.05. The van der Waals surface area contributed by atoms with Crippen LogP contribution in [0.25, 0.3) is 11.6 Å². The van der Waals surface area contributed by atoms with Crippen molar-refractivity contribution in [2.75, 3.05) is 13.1 Å². The van der Waals surface area contributed by atoms with Crippen molar-refractivity contribution in [3.05, 3.63) is 47.1 Å². The zero-order chi connectivity index (χ0) is 41.0. The number of carbonyl (C=O) groups excluding carboxylic acids is 2. The highest BCUT2D eigenvalue weighted by Gasteiger charge is 2.22. The number of nitrogens with one attached hydrogen (secondary N) is 4. The van der Waals surface area contributed by atoms with Gasteiger partial charge in [0.15, 0.2) is 11.6 Å². The monoisotopic (exact) mass is 791 g/mol. The molecule has 2 heterocycles. The van der Waals surface area contributed by atoms with Crippen molar-refractivity contribution in [3.63, 3.8) is 0 Å². The minimum atomic E-state index is -0.146. The molecule has 2 aromatic heterocycles. The van der Waals surface area contributed by atoms with Gasteiger partial charge in [-0.15, -0.1) is 0 Å². The number of hydrogen-bond acceptors (Lipinski definition) is 4. The Morgan fingerprint density at radius 1 is 0.421 bits per heavy atom. The summed E-state index contributed by atoms with van der Waals surface area (Å²) in [5.41, 5.74) is 2.49. The SMILES string of the molecule is CCCCCCC/C=C/CCCCCCCCNC(=O)c1nc(-c2nc(C(=O)NCCCCCCCC/C=C/CCCCCCCC)c(CCC)[nH]2)[nH]c1CCC. The van der Waals surface area contributed by atoms with Crippen LogP contribution in [-0.4, -0.2) is 44.8 Å². The first-order valence-corrected chi connectivity index (χ1v) is 24.1. The molecule has 2 aromatic rings. The minimum absolute atomic E-state index is 0.146. The summed E-state index contributed by atoms with van der Waals surface area (Å²) in [6.45, 7) is 10.0. The molecule has 0 aliphatic carbocycles.